The van der Waals surface area contributed by atoms with Crippen LogP contribution in [0.2, 0.25) is 0 Å². The zero-order chi connectivity index (χ0) is 18.8. The third kappa shape index (κ3) is 3.43. The molecule has 0 bridgehead atoms. The number of fused-ring (bicyclic) bond motifs is 3. The Balaban J connectivity index is 1.53. The highest BCUT2D eigenvalue weighted by atomic mass is 16.5. The number of aromatic nitrogens is 1. The van der Waals surface area contributed by atoms with Crippen LogP contribution >= 0.6 is 0 Å². The third-order valence-corrected chi connectivity index (χ3v) is 5.45. The maximum Gasteiger partial charge on any atom is 0.411 e. The molecule has 1 unspecified atom stereocenters. The van der Waals surface area contributed by atoms with Crippen LogP contribution < -0.4 is 10.6 Å². The molecule has 0 spiro atoms. The van der Waals surface area contributed by atoms with Gasteiger partial charge in [-0.1, -0.05) is 30.3 Å². The predicted molar refractivity (Wildman–Crippen MR) is 108 cm³/mol. The number of methoxy groups -OCH3 is 1. The second-order valence-corrected chi connectivity index (χ2v) is 7.05. The van der Waals surface area contributed by atoms with E-state index in [9.17, 15) is 4.79 Å². The first kappa shape index (κ1) is 17.6. The average molecular weight is 363 g/mol. The quantitative estimate of drug-likeness (QED) is 0.715. The van der Waals surface area contributed by atoms with Gasteiger partial charge in [0.1, 0.15) is 0 Å². The normalized spacial score (nSPS) is 15.7. The summed E-state index contributed by atoms with van der Waals surface area (Å²) in [6.45, 7) is 0.963. The Morgan fingerprint density at radius 2 is 2.04 bits per heavy atom. The standard InChI is InChI=1S/C22H25N3O2/c1-25-20-11-8-16(24-22(26)27-2)14-18(20)17-9-10-19(21(17)25)23-13-12-15-6-4-3-5-7-15/h3-8,11,14,19,23H,9-10,12-13H2,1-2H3,(H,24,26). The van der Waals surface area contributed by atoms with E-state index < -0.39 is 6.09 Å². The summed E-state index contributed by atoms with van der Waals surface area (Å²) in [4.78, 5) is 11.5. The molecule has 0 saturated carbocycles. The van der Waals surface area contributed by atoms with E-state index in [0.717, 1.165) is 31.5 Å². The van der Waals surface area contributed by atoms with E-state index in [1.54, 1.807) is 0 Å². The van der Waals surface area contributed by atoms with Crippen molar-refractivity contribution in [2.24, 2.45) is 7.05 Å². The van der Waals surface area contributed by atoms with Gasteiger partial charge in [0, 0.05) is 35.4 Å². The van der Waals surface area contributed by atoms with Crippen LogP contribution in [0.4, 0.5) is 10.5 Å². The lowest BCUT2D eigenvalue weighted by atomic mass is 10.1. The maximum absolute atomic E-state index is 11.5. The molecule has 1 aromatic heterocycles. The van der Waals surface area contributed by atoms with Crippen molar-refractivity contribution in [3.05, 3.63) is 65.4 Å². The molecule has 0 saturated heterocycles. The highest BCUT2D eigenvalue weighted by Gasteiger charge is 2.28. The number of hydrogen-bond donors (Lipinski definition) is 2. The SMILES string of the molecule is COC(=O)Nc1ccc2c(c1)c1c(n2C)C(NCCc2ccccc2)CC1. The Bertz CT molecular complexity index is 963. The first-order chi connectivity index (χ1) is 13.2. The lowest BCUT2D eigenvalue weighted by Crippen LogP contribution is -2.23. The van der Waals surface area contributed by atoms with Gasteiger partial charge in [-0.05, 0) is 55.1 Å². The summed E-state index contributed by atoms with van der Waals surface area (Å²) in [5.74, 6) is 0. The second kappa shape index (κ2) is 7.45. The Morgan fingerprint density at radius 1 is 1.22 bits per heavy atom. The Kier molecular flexibility index (Phi) is 4.86. The van der Waals surface area contributed by atoms with Gasteiger partial charge in [0.15, 0.2) is 0 Å². The largest absolute Gasteiger partial charge is 0.453 e. The van der Waals surface area contributed by atoms with Gasteiger partial charge >= 0.3 is 6.09 Å². The van der Waals surface area contributed by atoms with Crippen LogP contribution in [0.25, 0.3) is 10.9 Å². The highest BCUT2D eigenvalue weighted by molar-refractivity contribution is 5.93. The number of hydrogen-bond acceptors (Lipinski definition) is 3. The summed E-state index contributed by atoms with van der Waals surface area (Å²) >= 11 is 0. The lowest BCUT2D eigenvalue weighted by Gasteiger charge is -2.15. The number of anilines is 1. The van der Waals surface area contributed by atoms with Gasteiger partial charge in [-0.2, -0.15) is 0 Å². The van der Waals surface area contributed by atoms with E-state index in [1.165, 1.54) is 34.8 Å². The molecule has 1 aliphatic rings. The molecule has 1 heterocycles. The minimum absolute atomic E-state index is 0.373. The monoisotopic (exact) mass is 363 g/mol. The molecule has 2 N–H and O–H groups in total. The number of nitrogens with one attached hydrogen (secondary N) is 2. The highest BCUT2D eigenvalue weighted by Crippen LogP contribution is 2.39. The summed E-state index contributed by atoms with van der Waals surface area (Å²) in [5.41, 5.74) is 6.08. The van der Waals surface area contributed by atoms with E-state index in [1.807, 2.05) is 6.07 Å². The first-order valence-corrected chi connectivity index (χ1v) is 9.41. The molecule has 3 aromatic rings. The van der Waals surface area contributed by atoms with E-state index in [0.29, 0.717) is 6.04 Å². The topological polar surface area (TPSA) is 55.3 Å². The molecular weight excluding hydrogens is 338 g/mol. The molecule has 1 amide bonds. The molecule has 0 aliphatic heterocycles. The fourth-order valence-electron chi connectivity index (χ4n) is 4.15. The number of ether oxygens (including phenoxy) is 1. The first-order valence-electron chi connectivity index (χ1n) is 9.41. The minimum atomic E-state index is -0.442. The smallest absolute Gasteiger partial charge is 0.411 e. The number of amides is 1. The Hall–Kier alpha value is -2.79. The predicted octanol–water partition coefficient (Wildman–Crippen LogP) is 4.18. The zero-order valence-corrected chi connectivity index (χ0v) is 15.8. The van der Waals surface area contributed by atoms with Crippen molar-refractivity contribution < 1.29 is 9.53 Å². The van der Waals surface area contributed by atoms with Crippen molar-refractivity contribution >= 4 is 22.7 Å². The summed E-state index contributed by atoms with van der Waals surface area (Å²) in [6, 6.07) is 17.0. The van der Waals surface area contributed by atoms with Crippen LogP contribution in [0.3, 0.4) is 0 Å². The molecule has 27 heavy (non-hydrogen) atoms. The van der Waals surface area contributed by atoms with Crippen molar-refractivity contribution in [3.8, 4) is 0 Å². The van der Waals surface area contributed by atoms with Crippen molar-refractivity contribution in [2.75, 3.05) is 19.0 Å². The van der Waals surface area contributed by atoms with Crippen LogP contribution in [0.15, 0.2) is 48.5 Å². The lowest BCUT2D eigenvalue weighted by molar-refractivity contribution is 0.187. The summed E-state index contributed by atoms with van der Waals surface area (Å²) in [5, 5.41) is 7.71. The molecule has 140 valence electrons. The fraction of sp³-hybridized carbons (Fsp3) is 0.318. The number of rotatable bonds is 5. The molecule has 1 aliphatic carbocycles. The van der Waals surface area contributed by atoms with Crippen molar-refractivity contribution in [3.63, 3.8) is 0 Å². The van der Waals surface area contributed by atoms with Gasteiger partial charge in [-0.25, -0.2) is 4.79 Å². The molecule has 5 nitrogen and oxygen atoms in total. The minimum Gasteiger partial charge on any atom is -0.453 e. The molecule has 4 rings (SSSR count). The van der Waals surface area contributed by atoms with Crippen molar-refractivity contribution in [2.45, 2.75) is 25.3 Å². The summed E-state index contributed by atoms with van der Waals surface area (Å²) < 4.78 is 6.99. The maximum atomic E-state index is 11.5. The summed E-state index contributed by atoms with van der Waals surface area (Å²) in [6.07, 6.45) is 2.75. The van der Waals surface area contributed by atoms with Gasteiger partial charge in [-0.15, -0.1) is 0 Å². The van der Waals surface area contributed by atoms with Crippen LogP contribution in [0, 0.1) is 0 Å². The Labute approximate surface area is 159 Å². The third-order valence-electron chi connectivity index (χ3n) is 5.45. The van der Waals surface area contributed by atoms with E-state index in [4.69, 9.17) is 4.74 Å². The molecule has 1 atom stereocenters. The fourth-order valence-corrected chi connectivity index (χ4v) is 4.15. The van der Waals surface area contributed by atoms with Gasteiger partial charge in [0.2, 0.25) is 0 Å². The molecular formula is C22H25N3O2. The second-order valence-electron chi connectivity index (χ2n) is 7.05. The van der Waals surface area contributed by atoms with Crippen molar-refractivity contribution in [1.82, 2.24) is 9.88 Å². The molecule has 5 heteroatoms. The van der Waals surface area contributed by atoms with E-state index >= 15 is 0 Å². The molecule has 2 aromatic carbocycles. The Morgan fingerprint density at radius 3 is 2.81 bits per heavy atom. The van der Waals surface area contributed by atoms with Crippen molar-refractivity contribution in [1.29, 1.82) is 0 Å². The van der Waals surface area contributed by atoms with Gasteiger partial charge in [0.25, 0.3) is 0 Å². The van der Waals surface area contributed by atoms with E-state index in [2.05, 4.69) is 64.7 Å². The van der Waals surface area contributed by atoms with Crippen LogP contribution in [-0.2, 0) is 24.6 Å². The van der Waals surface area contributed by atoms with Crippen LogP contribution in [-0.4, -0.2) is 24.3 Å². The molecule has 0 radical (unpaired) electrons. The molecule has 0 fully saturated rings. The average Bonchev–Trinajstić information content (AvgIpc) is 3.23. The number of aryl methyl sites for hydroxylation is 2. The van der Waals surface area contributed by atoms with Crippen LogP contribution in [0.5, 0.6) is 0 Å². The zero-order valence-electron chi connectivity index (χ0n) is 15.8. The van der Waals surface area contributed by atoms with Gasteiger partial charge < -0.3 is 14.6 Å². The number of benzene rings is 2. The number of carbonyl (C=O) groups is 1. The van der Waals surface area contributed by atoms with Gasteiger partial charge in [-0.3, -0.25) is 5.32 Å². The summed E-state index contributed by atoms with van der Waals surface area (Å²) in [7, 11) is 3.51. The number of nitrogens with zero attached hydrogens (tertiary/aromatic N) is 1. The number of carbonyl (C=O) groups excluding carboxylic acids is 1. The van der Waals surface area contributed by atoms with Gasteiger partial charge in [0.05, 0.1) is 7.11 Å². The van der Waals surface area contributed by atoms with Crippen LogP contribution in [0.1, 0.15) is 29.3 Å². The van der Waals surface area contributed by atoms with E-state index in [-0.39, 0.29) is 0 Å².